The first kappa shape index (κ1) is 14.2. The Morgan fingerprint density at radius 3 is 2.45 bits per heavy atom. The topological polar surface area (TPSA) is 71.1 Å². The summed E-state index contributed by atoms with van der Waals surface area (Å²) in [5.41, 5.74) is 1.80. The lowest BCUT2D eigenvalue weighted by molar-refractivity contribution is -0.114. The largest absolute Gasteiger partial charge is 0.326 e. The van der Waals surface area contributed by atoms with Gasteiger partial charge in [-0.1, -0.05) is 12.1 Å². The quantitative estimate of drug-likeness (QED) is 0.912. The van der Waals surface area contributed by atoms with Gasteiger partial charge < -0.3 is 5.32 Å². The van der Waals surface area contributed by atoms with Crippen LogP contribution in [0.25, 0.3) is 0 Å². The molecule has 5 nitrogen and oxygen atoms in total. The molecule has 2 N–H and O–H groups in total. The molecule has 1 heterocycles. The Kier molecular flexibility index (Phi) is 4.14. The highest BCUT2D eigenvalue weighted by Gasteiger charge is 2.14. The molecule has 0 saturated carbocycles. The minimum Gasteiger partial charge on any atom is -0.326 e. The smallest absolute Gasteiger partial charge is 0.259 e. The van der Waals surface area contributed by atoms with Crippen LogP contribution in [-0.2, 0) is 4.79 Å². The van der Waals surface area contributed by atoms with Crippen molar-refractivity contribution < 1.29 is 9.59 Å². The van der Waals surface area contributed by atoms with Crippen molar-refractivity contribution in [3.8, 4) is 0 Å². The Balaban J connectivity index is 2.22. The van der Waals surface area contributed by atoms with Crippen LogP contribution >= 0.6 is 11.3 Å². The van der Waals surface area contributed by atoms with Gasteiger partial charge in [-0.15, -0.1) is 11.3 Å². The number of hydrogen-bond acceptors (Lipinski definition) is 4. The number of aromatic nitrogens is 1. The van der Waals surface area contributed by atoms with Crippen LogP contribution in [-0.4, -0.2) is 16.8 Å². The lowest BCUT2D eigenvalue weighted by Crippen LogP contribution is -2.16. The van der Waals surface area contributed by atoms with Crippen LogP contribution in [0.5, 0.6) is 0 Å². The standard InChI is InChI=1S/C14H15N3O2S/c1-8-9(2)20-14(15-8)17-13(19)11-6-4-5-7-12(11)16-10(3)18/h4-7H,1-3H3,(H,16,18)(H,15,17,19). The number of para-hydroxylation sites is 1. The molecule has 2 amide bonds. The van der Waals surface area contributed by atoms with E-state index in [1.807, 2.05) is 13.8 Å². The minimum absolute atomic E-state index is 0.216. The van der Waals surface area contributed by atoms with Crippen LogP contribution in [0.15, 0.2) is 24.3 Å². The number of nitrogens with zero attached hydrogens (tertiary/aromatic N) is 1. The number of amides is 2. The second-order valence-corrected chi connectivity index (χ2v) is 5.54. The van der Waals surface area contributed by atoms with Crippen molar-refractivity contribution in [2.24, 2.45) is 0 Å². The van der Waals surface area contributed by atoms with Gasteiger partial charge in [0.05, 0.1) is 16.9 Å². The predicted molar refractivity (Wildman–Crippen MR) is 80.3 cm³/mol. The van der Waals surface area contributed by atoms with Crippen molar-refractivity contribution in [2.45, 2.75) is 20.8 Å². The number of thiazole rings is 1. The first-order valence-electron chi connectivity index (χ1n) is 6.09. The summed E-state index contributed by atoms with van der Waals surface area (Å²) in [4.78, 5) is 28.7. The molecule has 0 atom stereocenters. The number of aryl methyl sites for hydroxylation is 2. The molecule has 1 aromatic carbocycles. The molecule has 0 unspecified atom stereocenters. The highest BCUT2D eigenvalue weighted by atomic mass is 32.1. The fourth-order valence-corrected chi connectivity index (χ4v) is 2.48. The Labute approximate surface area is 121 Å². The van der Waals surface area contributed by atoms with Crippen molar-refractivity contribution >= 4 is 34.0 Å². The second-order valence-electron chi connectivity index (χ2n) is 4.34. The van der Waals surface area contributed by atoms with Gasteiger partial charge >= 0.3 is 0 Å². The van der Waals surface area contributed by atoms with Gasteiger partial charge in [-0.2, -0.15) is 0 Å². The molecule has 0 aliphatic heterocycles. The first-order chi connectivity index (χ1) is 9.47. The maximum atomic E-state index is 12.2. The summed E-state index contributed by atoms with van der Waals surface area (Å²) in [5.74, 6) is -0.505. The molecule has 6 heteroatoms. The Morgan fingerprint density at radius 1 is 1.15 bits per heavy atom. The Hall–Kier alpha value is -2.21. The minimum atomic E-state index is -0.289. The lowest BCUT2D eigenvalue weighted by Gasteiger charge is -2.08. The summed E-state index contributed by atoms with van der Waals surface area (Å²) in [6.07, 6.45) is 0. The third kappa shape index (κ3) is 3.21. The highest BCUT2D eigenvalue weighted by Crippen LogP contribution is 2.23. The summed E-state index contributed by atoms with van der Waals surface area (Å²) >= 11 is 1.43. The summed E-state index contributed by atoms with van der Waals surface area (Å²) in [6, 6.07) is 6.86. The molecule has 2 rings (SSSR count). The average Bonchev–Trinajstić information content (AvgIpc) is 2.68. The lowest BCUT2D eigenvalue weighted by atomic mass is 10.1. The molecule has 0 saturated heterocycles. The zero-order valence-corrected chi connectivity index (χ0v) is 12.3. The van der Waals surface area contributed by atoms with Gasteiger partial charge in [-0.25, -0.2) is 4.98 Å². The first-order valence-corrected chi connectivity index (χ1v) is 6.91. The molecule has 0 aliphatic carbocycles. The number of benzene rings is 1. The van der Waals surface area contributed by atoms with Crippen LogP contribution in [0.4, 0.5) is 10.8 Å². The van der Waals surface area contributed by atoms with E-state index in [9.17, 15) is 9.59 Å². The maximum Gasteiger partial charge on any atom is 0.259 e. The van der Waals surface area contributed by atoms with E-state index >= 15 is 0 Å². The van der Waals surface area contributed by atoms with Crippen LogP contribution in [0.1, 0.15) is 27.9 Å². The van der Waals surface area contributed by atoms with Crippen LogP contribution in [0, 0.1) is 13.8 Å². The van der Waals surface area contributed by atoms with Gasteiger partial charge in [0, 0.05) is 11.8 Å². The molecular weight excluding hydrogens is 274 g/mol. The van der Waals surface area contributed by atoms with Crippen molar-refractivity contribution in [3.05, 3.63) is 40.4 Å². The van der Waals surface area contributed by atoms with Crippen molar-refractivity contribution in [1.82, 2.24) is 4.98 Å². The van der Waals surface area contributed by atoms with Crippen molar-refractivity contribution in [3.63, 3.8) is 0 Å². The number of hydrogen-bond donors (Lipinski definition) is 2. The van der Waals surface area contributed by atoms with E-state index in [2.05, 4.69) is 15.6 Å². The summed E-state index contributed by atoms with van der Waals surface area (Å²) < 4.78 is 0. The second kappa shape index (κ2) is 5.83. The predicted octanol–water partition coefficient (Wildman–Crippen LogP) is 2.97. The highest BCUT2D eigenvalue weighted by molar-refractivity contribution is 7.15. The number of rotatable bonds is 3. The number of carbonyl (C=O) groups is 2. The summed E-state index contributed by atoms with van der Waals surface area (Å²) in [5, 5.41) is 5.95. The molecule has 20 heavy (non-hydrogen) atoms. The van der Waals surface area contributed by atoms with Gasteiger partial charge in [-0.3, -0.25) is 14.9 Å². The third-order valence-corrected chi connectivity index (χ3v) is 3.72. The molecule has 0 aliphatic rings. The van der Waals surface area contributed by atoms with Crippen molar-refractivity contribution in [2.75, 3.05) is 10.6 Å². The summed E-state index contributed by atoms with van der Waals surface area (Å²) in [6.45, 7) is 5.25. The van der Waals surface area contributed by atoms with E-state index in [-0.39, 0.29) is 11.8 Å². The monoisotopic (exact) mass is 289 g/mol. The molecule has 1 aromatic heterocycles. The van der Waals surface area contributed by atoms with E-state index in [0.29, 0.717) is 16.4 Å². The Bertz CT molecular complexity index is 645. The van der Waals surface area contributed by atoms with Crippen LogP contribution in [0.3, 0.4) is 0 Å². The van der Waals surface area contributed by atoms with Crippen LogP contribution < -0.4 is 10.6 Å². The average molecular weight is 289 g/mol. The third-order valence-electron chi connectivity index (χ3n) is 2.73. The van der Waals surface area contributed by atoms with E-state index < -0.39 is 0 Å². The van der Waals surface area contributed by atoms with Gasteiger partial charge in [0.15, 0.2) is 5.13 Å². The van der Waals surface area contributed by atoms with E-state index in [0.717, 1.165) is 10.6 Å². The van der Waals surface area contributed by atoms with Crippen molar-refractivity contribution in [1.29, 1.82) is 0 Å². The number of carbonyl (C=O) groups excluding carboxylic acids is 2. The molecule has 104 valence electrons. The number of anilines is 2. The zero-order valence-electron chi connectivity index (χ0n) is 11.5. The van der Waals surface area contributed by atoms with Gasteiger partial charge in [0.2, 0.25) is 5.91 Å². The van der Waals surface area contributed by atoms with Gasteiger partial charge in [0.25, 0.3) is 5.91 Å². The summed E-state index contributed by atoms with van der Waals surface area (Å²) in [7, 11) is 0. The molecule has 0 fully saturated rings. The van der Waals surface area contributed by atoms with E-state index in [1.165, 1.54) is 18.3 Å². The molecule has 2 aromatic rings. The van der Waals surface area contributed by atoms with Gasteiger partial charge in [-0.05, 0) is 26.0 Å². The fraction of sp³-hybridized carbons (Fsp3) is 0.214. The number of nitrogens with one attached hydrogen (secondary N) is 2. The van der Waals surface area contributed by atoms with Crippen LogP contribution in [0.2, 0.25) is 0 Å². The molecule has 0 radical (unpaired) electrons. The van der Waals surface area contributed by atoms with E-state index in [4.69, 9.17) is 0 Å². The molecular formula is C14H15N3O2S. The van der Waals surface area contributed by atoms with E-state index in [1.54, 1.807) is 24.3 Å². The molecule has 0 bridgehead atoms. The Morgan fingerprint density at radius 2 is 1.85 bits per heavy atom. The SMILES string of the molecule is CC(=O)Nc1ccccc1C(=O)Nc1nc(C)c(C)s1. The molecule has 0 spiro atoms. The van der Waals surface area contributed by atoms with Gasteiger partial charge in [0.1, 0.15) is 0 Å². The zero-order chi connectivity index (χ0) is 14.7. The fourth-order valence-electron chi connectivity index (χ4n) is 1.67. The maximum absolute atomic E-state index is 12.2. The normalized spacial score (nSPS) is 10.2.